The molecule has 5 fully saturated rings. The molecule has 33 heavy (non-hydrogen) atoms. The highest BCUT2D eigenvalue weighted by atomic mass is 32.1. The molecular formula is C29H36N2OS. The van der Waals surface area contributed by atoms with Gasteiger partial charge in [-0.2, -0.15) is 0 Å². The van der Waals surface area contributed by atoms with Crippen molar-refractivity contribution in [1.82, 2.24) is 4.90 Å². The summed E-state index contributed by atoms with van der Waals surface area (Å²) >= 11 is 6.42. The van der Waals surface area contributed by atoms with Crippen LogP contribution in [0.2, 0.25) is 0 Å². The Balaban J connectivity index is 1.36. The Morgan fingerprint density at radius 1 is 1.00 bits per heavy atom. The summed E-state index contributed by atoms with van der Waals surface area (Å²) in [5.41, 5.74) is 8.36. The van der Waals surface area contributed by atoms with Crippen molar-refractivity contribution in [1.29, 1.82) is 0 Å². The standard InChI is InChI=1S/C29H36N2OS/c1-27(2)19-31(14-13-24(27)30)26(33)29-16-20-15-28(18-29,21-9-5-3-6-10-21)17-23(29)25(20)32-22-11-7-4-8-12-22/h3-12,20,23-25H,13-19,30H2,1-2H3/t20?,23?,24-,25?,28?,29?/m0/s1. The number of thiocarbonyl (C=S) groups is 1. The summed E-state index contributed by atoms with van der Waals surface area (Å²) in [5, 5.41) is 0. The summed E-state index contributed by atoms with van der Waals surface area (Å²) in [7, 11) is 0. The predicted molar refractivity (Wildman–Crippen MR) is 137 cm³/mol. The largest absolute Gasteiger partial charge is 0.490 e. The van der Waals surface area contributed by atoms with Crippen LogP contribution >= 0.6 is 12.2 Å². The summed E-state index contributed by atoms with van der Waals surface area (Å²) in [6.07, 6.45) is 6.01. The van der Waals surface area contributed by atoms with Gasteiger partial charge in [-0.1, -0.05) is 74.6 Å². The maximum atomic E-state index is 6.74. The predicted octanol–water partition coefficient (Wildman–Crippen LogP) is 5.58. The Morgan fingerprint density at radius 2 is 1.70 bits per heavy atom. The third kappa shape index (κ3) is 3.28. The number of hydrogen-bond acceptors (Lipinski definition) is 3. The van der Waals surface area contributed by atoms with Crippen molar-refractivity contribution in [2.75, 3.05) is 13.1 Å². The van der Waals surface area contributed by atoms with Crippen LogP contribution in [0.15, 0.2) is 60.7 Å². The van der Waals surface area contributed by atoms with Gasteiger partial charge in [0.1, 0.15) is 11.9 Å². The minimum atomic E-state index is 0.0606. The molecule has 4 heteroatoms. The zero-order valence-corrected chi connectivity index (χ0v) is 20.7. The van der Waals surface area contributed by atoms with E-state index >= 15 is 0 Å². The highest BCUT2D eigenvalue weighted by Gasteiger charge is 2.71. The Labute approximate surface area is 203 Å². The Morgan fingerprint density at radius 3 is 2.39 bits per heavy atom. The number of para-hydroxylation sites is 1. The second kappa shape index (κ2) is 7.55. The third-order valence-electron chi connectivity index (χ3n) is 9.54. The Bertz CT molecular complexity index is 1040. The first kappa shape index (κ1) is 21.6. The van der Waals surface area contributed by atoms with Crippen molar-refractivity contribution in [2.24, 2.45) is 28.4 Å². The highest BCUT2D eigenvalue weighted by molar-refractivity contribution is 7.80. The normalized spacial score (nSPS) is 38.5. The fourth-order valence-corrected chi connectivity index (χ4v) is 8.45. The molecule has 7 rings (SSSR count). The van der Waals surface area contributed by atoms with Gasteiger partial charge in [-0.15, -0.1) is 0 Å². The molecule has 2 aromatic rings. The van der Waals surface area contributed by atoms with Gasteiger partial charge < -0.3 is 15.4 Å². The number of likely N-dealkylation sites (tertiary alicyclic amines) is 1. The van der Waals surface area contributed by atoms with E-state index in [2.05, 4.69) is 79.4 Å². The first-order chi connectivity index (χ1) is 15.8. The number of piperidine rings is 1. The topological polar surface area (TPSA) is 38.5 Å². The minimum Gasteiger partial charge on any atom is -0.490 e. The maximum Gasteiger partial charge on any atom is 0.119 e. The van der Waals surface area contributed by atoms with Crippen LogP contribution in [0.25, 0.3) is 0 Å². The van der Waals surface area contributed by atoms with Gasteiger partial charge >= 0.3 is 0 Å². The van der Waals surface area contributed by atoms with E-state index in [9.17, 15) is 0 Å². The first-order valence-electron chi connectivity index (χ1n) is 12.7. The van der Waals surface area contributed by atoms with Crippen molar-refractivity contribution in [3.8, 4) is 5.75 Å². The summed E-state index contributed by atoms with van der Waals surface area (Å²) in [5.74, 6) is 2.03. The lowest BCUT2D eigenvalue weighted by Crippen LogP contribution is -2.57. The minimum absolute atomic E-state index is 0.0606. The third-order valence-corrected chi connectivity index (χ3v) is 10.2. The lowest BCUT2D eigenvalue weighted by Gasteiger charge is -2.48. The van der Waals surface area contributed by atoms with Crippen molar-refractivity contribution >= 4 is 17.2 Å². The quantitative estimate of drug-likeness (QED) is 0.605. The summed E-state index contributed by atoms with van der Waals surface area (Å²) in [6, 6.07) is 21.9. The molecule has 5 aliphatic rings. The number of benzene rings is 2. The van der Waals surface area contributed by atoms with Crippen LogP contribution in [0.3, 0.4) is 0 Å². The fourth-order valence-electron chi connectivity index (χ4n) is 7.98. The second-order valence-electron chi connectivity index (χ2n) is 12.0. The molecular weight excluding hydrogens is 424 g/mol. The van der Waals surface area contributed by atoms with Crippen LogP contribution in [-0.4, -0.2) is 35.1 Å². The number of nitrogens with zero attached hydrogens (tertiary/aromatic N) is 1. The monoisotopic (exact) mass is 460 g/mol. The molecule has 0 radical (unpaired) electrons. The number of rotatable bonds is 4. The van der Waals surface area contributed by atoms with Crippen molar-refractivity contribution < 1.29 is 4.74 Å². The SMILES string of the molecule is CC1(C)CN(C(=S)C23CC4CC(c5ccccc5)(CC2C4Oc2ccccc2)C3)CC[C@@H]1N. The van der Waals surface area contributed by atoms with Crippen molar-refractivity contribution in [3.05, 3.63) is 66.2 Å². The summed E-state index contributed by atoms with van der Waals surface area (Å²) in [6.45, 7) is 6.56. The van der Waals surface area contributed by atoms with Gasteiger partial charge in [0, 0.05) is 30.5 Å². The summed E-state index contributed by atoms with van der Waals surface area (Å²) in [4.78, 5) is 3.73. The van der Waals surface area contributed by atoms with Gasteiger partial charge in [0.15, 0.2) is 0 Å². The van der Waals surface area contributed by atoms with Gasteiger partial charge in [-0.3, -0.25) is 0 Å². The van der Waals surface area contributed by atoms with E-state index in [1.54, 1.807) is 0 Å². The van der Waals surface area contributed by atoms with Crippen LogP contribution in [0, 0.1) is 22.7 Å². The molecule has 1 heterocycles. The molecule has 1 saturated heterocycles. The molecule has 2 aromatic carbocycles. The molecule has 3 nitrogen and oxygen atoms in total. The van der Waals surface area contributed by atoms with E-state index in [4.69, 9.17) is 22.7 Å². The number of ether oxygens (including phenoxy) is 1. The zero-order chi connectivity index (χ0) is 22.8. The van der Waals surface area contributed by atoms with Crippen LogP contribution in [-0.2, 0) is 5.41 Å². The van der Waals surface area contributed by atoms with E-state index in [0.717, 1.165) is 25.3 Å². The molecule has 1 aliphatic heterocycles. The fraction of sp³-hybridized carbons (Fsp3) is 0.552. The van der Waals surface area contributed by atoms with E-state index in [1.807, 2.05) is 0 Å². The molecule has 2 N–H and O–H groups in total. The molecule has 0 amide bonds. The molecule has 6 atom stereocenters. The average Bonchev–Trinajstić information content (AvgIpc) is 3.19. The molecule has 0 aromatic heterocycles. The van der Waals surface area contributed by atoms with Crippen LogP contribution < -0.4 is 10.5 Å². The van der Waals surface area contributed by atoms with Crippen molar-refractivity contribution in [2.45, 2.75) is 63.5 Å². The Hall–Kier alpha value is -1.91. The number of hydrogen-bond donors (Lipinski definition) is 1. The van der Waals surface area contributed by atoms with Crippen LogP contribution in [0.5, 0.6) is 5.75 Å². The second-order valence-corrected chi connectivity index (χ2v) is 12.4. The molecule has 5 unspecified atom stereocenters. The van der Waals surface area contributed by atoms with Crippen LogP contribution in [0.4, 0.5) is 0 Å². The van der Waals surface area contributed by atoms with E-state index in [0.29, 0.717) is 11.8 Å². The Kier molecular flexibility index (Phi) is 4.94. The average molecular weight is 461 g/mol. The maximum absolute atomic E-state index is 6.74. The van der Waals surface area contributed by atoms with Gasteiger partial charge in [0.25, 0.3) is 0 Å². The molecule has 174 valence electrons. The van der Waals surface area contributed by atoms with E-state index < -0.39 is 0 Å². The van der Waals surface area contributed by atoms with E-state index in [1.165, 1.54) is 36.2 Å². The van der Waals surface area contributed by atoms with Gasteiger partial charge in [0.05, 0.1) is 4.99 Å². The molecule has 4 aliphatic carbocycles. The molecule has 4 saturated carbocycles. The smallest absolute Gasteiger partial charge is 0.119 e. The summed E-state index contributed by atoms with van der Waals surface area (Å²) < 4.78 is 6.74. The zero-order valence-electron chi connectivity index (χ0n) is 19.9. The first-order valence-corrected chi connectivity index (χ1v) is 13.1. The lowest BCUT2D eigenvalue weighted by atomic mass is 9.63. The highest BCUT2D eigenvalue weighted by Crippen LogP contribution is 2.72. The van der Waals surface area contributed by atoms with E-state index in [-0.39, 0.29) is 28.4 Å². The molecule has 0 spiro atoms. The molecule has 4 bridgehead atoms. The van der Waals surface area contributed by atoms with Crippen LogP contribution in [0.1, 0.15) is 51.5 Å². The lowest BCUT2D eigenvalue weighted by molar-refractivity contribution is 0.0626. The van der Waals surface area contributed by atoms with Crippen molar-refractivity contribution in [3.63, 3.8) is 0 Å². The van der Waals surface area contributed by atoms with Gasteiger partial charge in [-0.25, -0.2) is 0 Å². The van der Waals surface area contributed by atoms with Gasteiger partial charge in [-0.05, 0) is 66.5 Å². The number of nitrogens with two attached hydrogens (primary N) is 1. The van der Waals surface area contributed by atoms with Gasteiger partial charge in [0.2, 0.25) is 0 Å².